The van der Waals surface area contributed by atoms with E-state index in [2.05, 4.69) is 46.9 Å². The second-order valence-electron chi connectivity index (χ2n) is 16.7. The molecule has 11 nitrogen and oxygen atoms in total. The SMILES string of the molecule is CCCC[C@@]1(OC(=O)CCC(=O)O)CC[C@]2(CC[C@H](C)[C@@H](CC=C(C)C=C[C@H](O[Si](C)(C)C(C)(C)C)[C@@H](C)C=CC(=O)O)O2)O[C@H]1C=CC(C)=CC(=O)O. The molecule has 2 aliphatic heterocycles. The summed E-state index contributed by atoms with van der Waals surface area (Å²) in [7, 11) is -2.17. The standard InChI is InChI=1S/C42H66O11Si/c1-11-12-24-41(52-39(49)22-21-37(45)46)26-27-42(51-35(41)19-15-30(3)28-38(47)48)25-23-32(5)33(50-42)17-13-29(2)14-18-34(31(4)16-20-36(43)44)53-54(9,10)40(6,7)8/h13-16,18-20,28,31-35H,11-12,17,21-27H2,1-10H3,(H,43,44)(H,45,46)(H,47,48)/t31-,32-,33+,34-,35-,41+,42-/m0/s1. The molecule has 0 aromatic heterocycles. The minimum Gasteiger partial charge on any atom is -0.481 e. The first-order valence-electron chi connectivity index (χ1n) is 19.4. The second kappa shape index (κ2) is 20.6. The van der Waals surface area contributed by atoms with Gasteiger partial charge in [-0.1, -0.05) is 90.0 Å². The maximum Gasteiger partial charge on any atom is 0.328 e. The van der Waals surface area contributed by atoms with E-state index in [1.165, 1.54) is 6.08 Å². The van der Waals surface area contributed by atoms with Crippen LogP contribution in [0.1, 0.15) is 120 Å². The molecule has 0 aromatic carbocycles. The van der Waals surface area contributed by atoms with Crippen LogP contribution < -0.4 is 0 Å². The first-order valence-corrected chi connectivity index (χ1v) is 22.3. The van der Waals surface area contributed by atoms with Gasteiger partial charge in [0.2, 0.25) is 0 Å². The number of carboxylic acid groups (broad SMARTS) is 3. The average Bonchev–Trinajstić information content (AvgIpc) is 3.07. The number of hydrogen-bond acceptors (Lipinski definition) is 8. The van der Waals surface area contributed by atoms with Gasteiger partial charge in [0, 0.05) is 30.9 Å². The van der Waals surface area contributed by atoms with Crippen molar-refractivity contribution < 1.29 is 53.1 Å². The Morgan fingerprint density at radius 1 is 0.926 bits per heavy atom. The zero-order chi connectivity index (χ0) is 40.9. The number of aliphatic carboxylic acids is 3. The van der Waals surface area contributed by atoms with E-state index in [1.54, 1.807) is 25.2 Å². The lowest BCUT2D eigenvalue weighted by molar-refractivity contribution is -0.344. The topological polar surface area (TPSA) is 166 Å². The van der Waals surface area contributed by atoms with Crippen molar-refractivity contribution in [3.63, 3.8) is 0 Å². The molecule has 2 aliphatic rings. The van der Waals surface area contributed by atoms with Crippen molar-refractivity contribution in [2.24, 2.45) is 11.8 Å². The Kier molecular flexibility index (Phi) is 17.8. The molecule has 0 aliphatic carbocycles. The minimum absolute atomic E-state index is 0.0215. The maximum atomic E-state index is 13.0. The van der Waals surface area contributed by atoms with E-state index >= 15 is 0 Å². The summed E-state index contributed by atoms with van der Waals surface area (Å²) in [5.41, 5.74) is 0.433. The van der Waals surface area contributed by atoms with E-state index < -0.39 is 49.7 Å². The number of carbonyl (C=O) groups excluding carboxylic acids is 1. The predicted octanol–water partition coefficient (Wildman–Crippen LogP) is 9.16. The Labute approximate surface area is 323 Å². The molecule has 2 fully saturated rings. The van der Waals surface area contributed by atoms with Crippen LogP contribution in [0.25, 0.3) is 0 Å². The molecule has 2 heterocycles. The van der Waals surface area contributed by atoms with E-state index in [9.17, 15) is 29.4 Å². The Hall–Kier alpha value is -3.32. The normalized spacial score (nSPS) is 27.1. The highest BCUT2D eigenvalue weighted by Crippen LogP contribution is 2.48. The Morgan fingerprint density at radius 2 is 1.61 bits per heavy atom. The third kappa shape index (κ3) is 14.7. The third-order valence-corrected chi connectivity index (χ3v) is 15.5. The van der Waals surface area contributed by atoms with E-state index in [0.29, 0.717) is 37.7 Å². The van der Waals surface area contributed by atoms with Crippen molar-refractivity contribution in [1.82, 2.24) is 0 Å². The van der Waals surface area contributed by atoms with Gasteiger partial charge in [0.15, 0.2) is 14.1 Å². The summed E-state index contributed by atoms with van der Waals surface area (Å²) >= 11 is 0. The molecule has 0 bridgehead atoms. The van der Waals surface area contributed by atoms with E-state index in [-0.39, 0.29) is 41.9 Å². The zero-order valence-corrected chi connectivity index (χ0v) is 35.2. The summed E-state index contributed by atoms with van der Waals surface area (Å²) in [5, 5.41) is 27.7. The number of ether oxygens (including phenoxy) is 3. The van der Waals surface area contributed by atoms with Gasteiger partial charge in [0.05, 0.1) is 25.0 Å². The van der Waals surface area contributed by atoms with Gasteiger partial charge in [-0.05, 0) is 75.6 Å². The van der Waals surface area contributed by atoms with Gasteiger partial charge in [0.1, 0.15) is 11.7 Å². The van der Waals surface area contributed by atoms with E-state index in [4.69, 9.17) is 23.7 Å². The summed E-state index contributed by atoms with van der Waals surface area (Å²) in [5.74, 6) is -4.65. The van der Waals surface area contributed by atoms with Gasteiger partial charge in [0.25, 0.3) is 0 Å². The van der Waals surface area contributed by atoms with Crippen LogP contribution in [-0.2, 0) is 37.8 Å². The summed E-state index contributed by atoms with van der Waals surface area (Å²) in [6, 6.07) is 0. The molecule has 304 valence electrons. The Morgan fingerprint density at radius 3 is 2.20 bits per heavy atom. The summed E-state index contributed by atoms with van der Waals surface area (Å²) in [6.45, 7) is 20.7. The van der Waals surface area contributed by atoms with Gasteiger partial charge < -0.3 is 34.0 Å². The van der Waals surface area contributed by atoms with E-state index in [1.807, 2.05) is 32.9 Å². The van der Waals surface area contributed by atoms with E-state index in [0.717, 1.165) is 30.9 Å². The van der Waals surface area contributed by atoms with Crippen molar-refractivity contribution >= 4 is 32.2 Å². The lowest BCUT2D eigenvalue weighted by atomic mass is 9.78. The summed E-state index contributed by atoms with van der Waals surface area (Å²) in [4.78, 5) is 46.8. The zero-order valence-electron chi connectivity index (χ0n) is 34.2. The maximum absolute atomic E-state index is 13.0. The van der Waals surface area contributed by atoms with Crippen LogP contribution in [0.2, 0.25) is 18.1 Å². The highest BCUT2D eigenvalue weighted by molar-refractivity contribution is 6.74. The van der Waals surface area contributed by atoms with Crippen LogP contribution in [0, 0.1) is 11.8 Å². The third-order valence-electron chi connectivity index (χ3n) is 11.0. The van der Waals surface area contributed by atoms with Crippen molar-refractivity contribution in [1.29, 1.82) is 0 Å². The lowest BCUT2D eigenvalue weighted by Crippen LogP contribution is -2.59. The fourth-order valence-electron chi connectivity index (χ4n) is 6.46. The number of carboxylic acids is 3. The van der Waals surface area contributed by atoms with Crippen LogP contribution >= 0.6 is 0 Å². The molecule has 0 saturated carbocycles. The van der Waals surface area contributed by atoms with Crippen LogP contribution in [0.4, 0.5) is 0 Å². The monoisotopic (exact) mass is 774 g/mol. The molecule has 3 N–H and O–H groups in total. The number of rotatable bonds is 19. The highest BCUT2D eigenvalue weighted by atomic mass is 28.4. The lowest BCUT2D eigenvalue weighted by Gasteiger charge is -2.53. The second-order valence-corrected chi connectivity index (χ2v) is 21.4. The van der Waals surface area contributed by atoms with Crippen LogP contribution in [0.15, 0.2) is 59.8 Å². The largest absolute Gasteiger partial charge is 0.481 e. The molecular formula is C42H66O11Si. The quantitative estimate of drug-likeness (QED) is 0.0496. The van der Waals surface area contributed by atoms with Gasteiger partial charge in [-0.25, -0.2) is 9.59 Å². The molecule has 1 spiro atoms. The molecule has 12 heteroatoms. The van der Waals surface area contributed by atoms with Gasteiger partial charge in [-0.3, -0.25) is 9.59 Å². The van der Waals surface area contributed by atoms with Gasteiger partial charge in [-0.15, -0.1) is 0 Å². The molecule has 2 saturated heterocycles. The first-order chi connectivity index (χ1) is 25.0. The predicted molar refractivity (Wildman–Crippen MR) is 211 cm³/mol. The number of hydrogen-bond donors (Lipinski definition) is 3. The number of allylic oxidation sites excluding steroid dienone is 4. The fourth-order valence-corrected chi connectivity index (χ4v) is 7.79. The molecular weight excluding hydrogens is 709 g/mol. The molecule has 0 aromatic rings. The summed E-state index contributed by atoms with van der Waals surface area (Å²) in [6.07, 6.45) is 16.8. The smallest absolute Gasteiger partial charge is 0.328 e. The number of carbonyl (C=O) groups is 4. The van der Waals surface area contributed by atoms with Crippen molar-refractivity contribution in [3.05, 3.63) is 59.8 Å². The van der Waals surface area contributed by atoms with Crippen molar-refractivity contribution in [2.75, 3.05) is 0 Å². The van der Waals surface area contributed by atoms with Gasteiger partial charge >= 0.3 is 23.9 Å². The molecule has 2 rings (SSSR count). The van der Waals surface area contributed by atoms with Crippen LogP contribution in [0.5, 0.6) is 0 Å². The Balaban J connectivity index is 2.38. The van der Waals surface area contributed by atoms with Crippen molar-refractivity contribution in [2.45, 2.75) is 167 Å². The molecule has 0 radical (unpaired) electrons. The molecule has 0 amide bonds. The van der Waals surface area contributed by atoms with Crippen LogP contribution in [-0.4, -0.2) is 77.2 Å². The fraction of sp³-hybridized carbons (Fsp3) is 0.667. The highest BCUT2D eigenvalue weighted by Gasteiger charge is 2.54. The molecule has 0 unspecified atom stereocenters. The summed E-state index contributed by atoms with van der Waals surface area (Å²) < 4.78 is 26.5. The number of esters is 1. The van der Waals surface area contributed by atoms with Crippen molar-refractivity contribution in [3.8, 4) is 0 Å². The minimum atomic E-state index is -2.17. The Bertz CT molecular complexity index is 1450. The molecule has 54 heavy (non-hydrogen) atoms. The first kappa shape index (κ1) is 46.8. The van der Waals surface area contributed by atoms with Crippen LogP contribution in [0.3, 0.4) is 0 Å². The van der Waals surface area contributed by atoms with Gasteiger partial charge in [-0.2, -0.15) is 0 Å². The number of unbranched alkanes of at least 4 members (excludes halogenated alkanes) is 1. The molecule has 7 atom stereocenters. The average molecular weight is 775 g/mol.